The second-order valence-corrected chi connectivity index (χ2v) is 4.99. The number of benzene rings is 1. The standard InChI is InChI=1S/C14H19ClN2/c1-9-13(15)7-6-12-11(5-4-8-16)10(2)17(3)14(9)12/h6-7H,4-5,8,16H2,1-3H3. The molecule has 0 atom stereocenters. The molecule has 0 radical (unpaired) electrons. The fraction of sp³-hybridized carbons (Fsp3) is 0.429. The molecule has 17 heavy (non-hydrogen) atoms. The molecular weight excluding hydrogens is 232 g/mol. The van der Waals surface area contributed by atoms with Gasteiger partial charge in [-0.05, 0) is 50.4 Å². The summed E-state index contributed by atoms with van der Waals surface area (Å²) < 4.78 is 2.24. The molecule has 2 nitrogen and oxygen atoms in total. The van der Waals surface area contributed by atoms with Crippen molar-refractivity contribution >= 4 is 22.5 Å². The topological polar surface area (TPSA) is 30.9 Å². The van der Waals surface area contributed by atoms with E-state index in [9.17, 15) is 0 Å². The number of hydrogen-bond donors (Lipinski definition) is 1. The zero-order valence-corrected chi connectivity index (χ0v) is 11.4. The average molecular weight is 251 g/mol. The second kappa shape index (κ2) is 4.71. The summed E-state index contributed by atoms with van der Waals surface area (Å²) in [5.74, 6) is 0. The monoisotopic (exact) mass is 250 g/mol. The van der Waals surface area contributed by atoms with Crippen LogP contribution in [0, 0.1) is 13.8 Å². The van der Waals surface area contributed by atoms with Crippen molar-refractivity contribution in [3.63, 3.8) is 0 Å². The van der Waals surface area contributed by atoms with Gasteiger partial charge in [-0.2, -0.15) is 0 Å². The van der Waals surface area contributed by atoms with Gasteiger partial charge in [-0.1, -0.05) is 17.7 Å². The van der Waals surface area contributed by atoms with Crippen molar-refractivity contribution in [1.29, 1.82) is 0 Å². The maximum atomic E-state index is 6.19. The quantitative estimate of drug-likeness (QED) is 0.890. The van der Waals surface area contributed by atoms with Crippen molar-refractivity contribution in [3.8, 4) is 0 Å². The van der Waals surface area contributed by atoms with Crippen LogP contribution in [-0.4, -0.2) is 11.1 Å². The third kappa shape index (κ3) is 1.96. The van der Waals surface area contributed by atoms with Gasteiger partial charge in [0.1, 0.15) is 0 Å². The van der Waals surface area contributed by atoms with E-state index in [1.807, 2.05) is 6.07 Å². The minimum Gasteiger partial charge on any atom is -0.347 e. The van der Waals surface area contributed by atoms with E-state index < -0.39 is 0 Å². The molecule has 0 unspecified atom stereocenters. The summed E-state index contributed by atoms with van der Waals surface area (Å²) in [5, 5.41) is 2.16. The lowest BCUT2D eigenvalue weighted by Crippen LogP contribution is -2.01. The molecule has 2 rings (SSSR count). The number of fused-ring (bicyclic) bond motifs is 1. The summed E-state index contributed by atoms with van der Waals surface area (Å²) in [7, 11) is 2.10. The lowest BCUT2D eigenvalue weighted by atomic mass is 10.0. The number of aryl methyl sites for hydroxylation is 3. The maximum absolute atomic E-state index is 6.19. The first-order valence-electron chi connectivity index (χ1n) is 6.01. The molecule has 3 heteroatoms. The van der Waals surface area contributed by atoms with Crippen LogP contribution in [0.25, 0.3) is 10.9 Å². The van der Waals surface area contributed by atoms with Crippen molar-refractivity contribution in [3.05, 3.63) is 34.0 Å². The highest BCUT2D eigenvalue weighted by Gasteiger charge is 2.14. The molecule has 0 saturated carbocycles. The Morgan fingerprint density at radius 1 is 1.29 bits per heavy atom. The van der Waals surface area contributed by atoms with Gasteiger partial charge >= 0.3 is 0 Å². The number of nitrogens with zero attached hydrogens (tertiary/aromatic N) is 1. The van der Waals surface area contributed by atoms with E-state index in [-0.39, 0.29) is 0 Å². The molecule has 0 spiro atoms. The molecule has 1 heterocycles. The number of nitrogens with two attached hydrogens (primary N) is 1. The largest absolute Gasteiger partial charge is 0.347 e. The number of aromatic nitrogens is 1. The highest BCUT2D eigenvalue weighted by molar-refractivity contribution is 6.32. The summed E-state index contributed by atoms with van der Waals surface area (Å²) in [6.45, 7) is 4.98. The van der Waals surface area contributed by atoms with E-state index in [2.05, 4.69) is 31.5 Å². The first kappa shape index (κ1) is 12.5. The van der Waals surface area contributed by atoms with E-state index in [0.29, 0.717) is 0 Å². The second-order valence-electron chi connectivity index (χ2n) is 4.58. The Bertz CT molecular complexity index is 555. The molecule has 0 amide bonds. The Morgan fingerprint density at radius 3 is 2.65 bits per heavy atom. The van der Waals surface area contributed by atoms with Gasteiger partial charge in [-0.25, -0.2) is 0 Å². The van der Waals surface area contributed by atoms with Crippen LogP contribution in [0.3, 0.4) is 0 Å². The lowest BCUT2D eigenvalue weighted by Gasteiger charge is -2.03. The minimum atomic E-state index is 0.738. The van der Waals surface area contributed by atoms with Gasteiger partial charge in [0.15, 0.2) is 0 Å². The molecule has 0 bridgehead atoms. The fourth-order valence-corrected chi connectivity index (χ4v) is 2.66. The summed E-state index contributed by atoms with van der Waals surface area (Å²) >= 11 is 6.19. The molecule has 1 aromatic carbocycles. The van der Waals surface area contributed by atoms with Gasteiger partial charge in [0.05, 0.1) is 5.52 Å². The molecule has 1 aromatic heterocycles. The van der Waals surface area contributed by atoms with Crippen molar-refractivity contribution < 1.29 is 0 Å². The Labute approximate surface area is 107 Å². The van der Waals surface area contributed by atoms with Crippen LogP contribution in [0.5, 0.6) is 0 Å². The molecule has 0 fully saturated rings. The lowest BCUT2D eigenvalue weighted by molar-refractivity contribution is 0.816. The Hall–Kier alpha value is -0.990. The highest BCUT2D eigenvalue weighted by atomic mass is 35.5. The highest BCUT2D eigenvalue weighted by Crippen LogP contribution is 2.31. The average Bonchev–Trinajstić information content (AvgIpc) is 2.55. The van der Waals surface area contributed by atoms with Gasteiger partial charge in [-0.3, -0.25) is 0 Å². The predicted molar refractivity (Wildman–Crippen MR) is 74.8 cm³/mol. The van der Waals surface area contributed by atoms with Crippen LogP contribution >= 0.6 is 11.6 Å². The molecule has 2 aromatic rings. The molecule has 92 valence electrons. The fourth-order valence-electron chi connectivity index (χ4n) is 2.51. The maximum Gasteiger partial charge on any atom is 0.0527 e. The Morgan fingerprint density at radius 2 is 2.00 bits per heavy atom. The Kier molecular flexibility index (Phi) is 3.45. The van der Waals surface area contributed by atoms with E-state index >= 15 is 0 Å². The molecule has 0 aliphatic rings. The zero-order valence-electron chi connectivity index (χ0n) is 10.7. The van der Waals surface area contributed by atoms with Crippen LogP contribution in [0.4, 0.5) is 0 Å². The smallest absolute Gasteiger partial charge is 0.0527 e. The third-order valence-corrected chi connectivity index (χ3v) is 4.01. The minimum absolute atomic E-state index is 0.738. The van der Waals surface area contributed by atoms with Gasteiger partial charge in [0, 0.05) is 23.2 Å². The third-order valence-electron chi connectivity index (χ3n) is 3.60. The van der Waals surface area contributed by atoms with E-state index in [4.69, 9.17) is 17.3 Å². The van der Waals surface area contributed by atoms with Crippen molar-refractivity contribution in [1.82, 2.24) is 4.57 Å². The molecule has 0 saturated heterocycles. The molecule has 0 aliphatic carbocycles. The van der Waals surface area contributed by atoms with Gasteiger partial charge in [0.2, 0.25) is 0 Å². The van der Waals surface area contributed by atoms with E-state index in [1.54, 1.807) is 0 Å². The molecule has 0 aliphatic heterocycles. The first-order valence-corrected chi connectivity index (χ1v) is 6.38. The van der Waals surface area contributed by atoms with Crippen LogP contribution in [0.2, 0.25) is 5.02 Å². The normalized spacial score (nSPS) is 11.4. The van der Waals surface area contributed by atoms with Crippen molar-refractivity contribution in [2.24, 2.45) is 12.8 Å². The SMILES string of the molecule is Cc1c(Cl)ccc2c(CCCN)c(C)n(C)c12. The summed E-state index contributed by atoms with van der Waals surface area (Å²) in [5.41, 5.74) is 10.7. The van der Waals surface area contributed by atoms with Crippen molar-refractivity contribution in [2.75, 3.05) is 6.54 Å². The first-order chi connectivity index (χ1) is 8.07. The number of halogens is 1. The van der Waals surface area contributed by atoms with Crippen molar-refractivity contribution in [2.45, 2.75) is 26.7 Å². The van der Waals surface area contributed by atoms with Crippen LogP contribution < -0.4 is 5.73 Å². The number of rotatable bonds is 3. The predicted octanol–water partition coefficient (Wildman–Crippen LogP) is 3.34. The van der Waals surface area contributed by atoms with Crippen LogP contribution in [0.15, 0.2) is 12.1 Å². The molecular formula is C14H19ClN2. The summed E-state index contributed by atoms with van der Waals surface area (Å²) in [6.07, 6.45) is 2.07. The molecule has 2 N–H and O–H groups in total. The summed E-state index contributed by atoms with van der Waals surface area (Å²) in [6, 6.07) is 4.12. The van der Waals surface area contributed by atoms with Crippen LogP contribution in [0.1, 0.15) is 23.2 Å². The zero-order chi connectivity index (χ0) is 12.6. The van der Waals surface area contributed by atoms with Gasteiger partial charge < -0.3 is 10.3 Å². The summed E-state index contributed by atoms with van der Waals surface area (Å²) in [4.78, 5) is 0. The van der Waals surface area contributed by atoms with E-state index in [1.165, 1.54) is 22.2 Å². The Balaban J connectivity index is 2.69. The number of hydrogen-bond acceptors (Lipinski definition) is 1. The van der Waals surface area contributed by atoms with E-state index in [0.717, 1.165) is 30.0 Å². The van der Waals surface area contributed by atoms with Gasteiger partial charge in [0.25, 0.3) is 0 Å². The van der Waals surface area contributed by atoms with Crippen LogP contribution in [-0.2, 0) is 13.5 Å². The van der Waals surface area contributed by atoms with Gasteiger partial charge in [-0.15, -0.1) is 0 Å².